The monoisotopic (exact) mass is 481 g/mol. The third-order valence-corrected chi connectivity index (χ3v) is 6.79. The summed E-state index contributed by atoms with van der Waals surface area (Å²) in [4.78, 5) is 12.3. The lowest BCUT2D eigenvalue weighted by molar-refractivity contribution is 0.257. The lowest BCUT2D eigenvalue weighted by Gasteiger charge is -2.34. The van der Waals surface area contributed by atoms with E-state index in [1.54, 1.807) is 24.4 Å². The van der Waals surface area contributed by atoms with Crippen LogP contribution in [0.2, 0.25) is 0 Å². The Morgan fingerprint density at radius 1 is 0.941 bits per heavy atom. The molecule has 7 nitrogen and oxygen atoms in total. The lowest BCUT2D eigenvalue weighted by Crippen LogP contribution is -2.42. The number of aromatic nitrogens is 2. The first kappa shape index (κ1) is 24.4. The summed E-state index contributed by atoms with van der Waals surface area (Å²) in [7, 11) is 4.25. The Labute approximate surface area is 205 Å². The van der Waals surface area contributed by atoms with E-state index in [2.05, 4.69) is 73.5 Å². The number of hydrogen-bond donors (Lipinski definition) is 3. The van der Waals surface area contributed by atoms with Gasteiger partial charge in [0.05, 0.1) is 0 Å². The van der Waals surface area contributed by atoms with Crippen molar-refractivity contribution < 1.29 is 4.39 Å². The predicted octanol–water partition coefficient (Wildman–Crippen LogP) is 4.73. The number of likely N-dealkylation sites (N-methyl/N-ethyl adjacent to an activating group) is 1. The summed E-state index contributed by atoms with van der Waals surface area (Å²) in [6.45, 7) is 4.24. The number of nitrogens with one attached hydrogen (secondary N) is 3. The molecule has 0 atom stereocenters. The second kappa shape index (κ2) is 12.1. The van der Waals surface area contributed by atoms with Gasteiger partial charge in [-0.25, -0.2) is 13.7 Å². The van der Waals surface area contributed by atoms with Gasteiger partial charge in [-0.1, -0.05) is 0 Å². The Balaban J connectivity index is 1.37. The maximum atomic E-state index is 13.1. The molecule has 1 aliphatic rings. The molecule has 1 aromatic heterocycles. The van der Waals surface area contributed by atoms with Crippen molar-refractivity contribution in [2.45, 2.75) is 23.8 Å². The Hall–Kier alpha value is -2.72. The SMILES string of the molecule is CN(C)CCN(Sc1ccc(Nc2nccc(Nc3ccc(F)cc3)n2)cc1)C1CCNCC1. The molecule has 0 aliphatic carbocycles. The first-order chi connectivity index (χ1) is 16.5. The maximum absolute atomic E-state index is 13.1. The molecule has 1 aliphatic heterocycles. The molecule has 0 unspecified atom stereocenters. The van der Waals surface area contributed by atoms with Gasteiger partial charge in [0.15, 0.2) is 0 Å². The molecule has 180 valence electrons. The van der Waals surface area contributed by atoms with Gasteiger partial charge in [-0.2, -0.15) is 4.98 Å². The number of anilines is 4. The minimum atomic E-state index is -0.270. The predicted molar refractivity (Wildman–Crippen MR) is 138 cm³/mol. The number of piperidine rings is 1. The van der Waals surface area contributed by atoms with Gasteiger partial charge < -0.3 is 20.9 Å². The van der Waals surface area contributed by atoms with Crippen LogP contribution in [0.3, 0.4) is 0 Å². The summed E-state index contributed by atoms with van der Waals surface area (Å²) in [6, 6.07) is 16.9. The number of nitrogens with zero attached hydrogens (tertiary/aromatic N) is 4. The normalized spacial score (nSPS) is 14.5. The van der Waals surface area contributed by atoms with Gasteiger partial charge in [0.25, 0.3) is 0 Å². The highest BCUT2D eigenvalue weighted by atomic mass is 32.2. The molecule has 3 aromatic rings. The average Bonchev–Trinajstić information content (AvgIpc) is 2.85. The largest absolute Gasteiger partial charge is 0.340 e. The van der Waals surface area contributed by atoms with E-state index in [0.717, 1.165) is 37.6 Å². The summed E-state index contributed by atoms with van der Waals surface area (Å²) < 4.78 is 15.7. The van der Waals surface area contributed by atoms with Crippen LogP contribution < -0.4 is 16.0 Å². The van der Waals surface area contributed by atoms with Gasteiger partial charge in [0.1, 0.15) is 11.6 Å². The van der Waals surface area contributed by atoms with E-state index in [1.807, 2.05) is 11.9 Å². The van der Waals surface area contributed by atoms with Gasteiger partial charge >= 0.3 is 0 Å². The van der Waals surface area contributed by atoms with E-state index in [9.17, 15) is 4.39 Å². The fourth-order valence-corrected chi connectivity index (χ4v) is 4.79. The second-order valence-corrected chi connectivity index (χ2v) is 9.69. The molecule has 9 heteroatoms. The number of rotatable bonds is 10. The van der Waals surface area contributed by atoms with E-state index >= 15 is 0 Å². The fourth-order valence-electron chi connectivity index (χ4n) is 3.73. The van der Waals surface area contributed by atoms with Crippen molar-refractivity contribution in [3.8, 4) is 0 Å². The van der Waals surface area contributed by atoms with E-state index in [4.69, 9.17) is 0 Å². The lowest BCUT2D eigenvalue weighted by atomic mass is 10.1. The van der Waals surface area contributed by atoms with Crippen LogP contribution in [0.1, 0.15) is 12.8 Å². The maximum Gasteiger partial charge on any atom is 0.229 e. The number of benzene rings is 2. The summed E-state index contributed by atoms with van der Waals surface area (Å²) in [5.41, 5.74) is 1.69. The van der Waals surface area contributed by atoms with Crippen LogP contribution >= 0.6 is 11.9 Å². The molecular weight excluding hydrogens is 449 g/mol. The number of halogens is 1. The molecule has 34 heavy (non-hydrogen) atoms. The van der Waals surface area contributed by atoms with Gasteiger partial charge in [-0.3, -0.25) is 0 Å². The van der Waals surface area contributed by atoms with Crippen molar-refractivity contribution >= 4 is 35.1 Å². The second-order valence-electron chi connectivity index (χ2n) is 8.56. The van der Waals surface area contributed by atoms with Crippen LogP contribution in [0.15, 0.2) is 65.7 Å². The Morgan fingerprint density at radius 3 is 2.32 bits per heavy atom. The van der Waals surface area contributed by atoms with Crippen molar-refractivity contribution in [1.82, 2.24) is 24.5 Å². The summed E-state index contributed by atoms with van der Waals surface area (Å²) >= 11 is 1.84. The zero-order valence-corrected chi connectivity index (χ0v) is 20.5. The van der Waals surface area contributed by atoms with Crippen molar-refractivity contribution in [2.75, 3.05) is 50.9 Å². The quantitative estimate of drug-likeness (QED) is 0.359. The van der Waals surface area contributed by atoms with Crippen LogP contribution in [-0.4, -0.2) is 65.5 Å². The minimum Gasteiger partial charge on any atom is -0.340 e. The standard InChI is InChI=1S/C25H32FN7S/c1-32(2)17-18-33(22-11-14-27-15-12-22)34-23-9-7-21(8-10-23)30-25-28-16-13-24(31-25)29-20-5-3-19(26)4-6-20/h3-10,13,16,22,27H,11-12,14-15,17-18H2,1-2H3,(H2,28,29,30,31). The molecule has 0 amide bonds. The topological polar surface area (TPSA) is 68.3 Å². The van der Waals surface area contributed by atoms with Crippen LogP contribution in [0.4, 0.5) is 27.5 Å². The zero-order chi connectivity index (χ0) is 23.8. The van der Waals surface area contributed by atoms with E-state index in [1.165, 1.54) is 29.9 Å². The average molecular weight is 482 g/mol. The Kier molecular flexibility index (Phi) is 8.70. The Morgan fingerprint density at radius 2 is 1.62 bits per heavy atom. The van der Waals surface area contributed by atoms with Crippen molar-refractivity contribution in [1.29, 1.82) is 0 Å². The van der Waals surface area contributed by atoms with Crippen molar-refractivity contribution in [3.63, 3.8) is 0 Å². The molecule has 2 heterocycles. The highest BCUT2D eigenvalue weighted by Gasteiger charge is 2.22. The molecule has 2 aromatic carbocycles. The van der Waals surface area contributed by atoms with Crippen molar-refractivity contribution in [3.05, 3.63) is 66.6 Å². The molecule has 0 bridgehead atoms. The van der Waals surface area contributed by atoms with Crippen LogP contribution in [0.5, 0.6) is 0 Å². The van der Waals surface area contributed by atoms with Gasteiger partial charge in [-0.05, 0) is 107 Å². The number of hydrogen-bond acceptors (Lipinski definition) is 8. The van der Waals surface area contributed by atoms with Gasteiger partial charge in [0.2, 0.25) is 5.95 Å². The first-order valence-electron chi connectivity index (χ1n) is 11.6. The molecular formula is C25H32FN7S. The summed E-state index contributed by atoms with van der Waals surface area (Å²) in [5, 5.41) is 9.89. The molecule has 0 spiro atoms. The van der Waals surface area contributed by atoms with E-state index in [0.29, 0.717) is 17.8 Å². The van der Waals surface area contributed by atoms with E-state index < -0.39 is 0 Å². The molecule has 0 radical (unpaired) electrons. The highest BCUT2D eigenvalue weighted by Crippen LogP contribution is 2.29. The molecule has 4 rings (SSSR count). The summed E-state index contributed by atoms with van der Waals surface area (Å²) in [6.07, 6.45) is 4.05. The minimum absolute atomic E-state index is 0.270. The van der Waals surface area contributed by atoms with Crippen LogP contribution in [0.25, 0.3) is 0 Å². The Bertz CT molecular complexity index is 1020. The molecule has 0 saturated carbocycles. The molecule has 1 fully saturated rings. The van der Waals surface area contributed by atoms with Crippen molar-refractivity contribution in [2.24, 2.45) is 0 Å². The molecule has 1 saturated heterocycles. The third-order valence-electron chi connectivity index (χ3n) is 5.59. The van der Waals surface area contributed by atoms with E-state index in [-0.39, 0.29) is 5.82 Å². The molecule has 3 N–H and O–H groups in total. The third kappa shape index (κ3) is 7.39. The summed E-state index contributed by atoms with van der Waals surface area (Å²) in [5.74, 6) is 0.860. The van der Waals surface area contributed by atoms with Crippen LogP contribution in [0, 0.1) is 5.82 Å². The van der Waals surface area contributed by atoms with Gasteiger partial charge in [0, 0.05) is 41.6 Å². The van der Waals surface area contributed by atoms with Crippen LogP contribution in [-0.2, 0) is 0 Å². The fraction of sp³-hybridized carbons (Fsp3) is 0.360. The smallest absolute Gasteiger partial charge is 0.229 e. The first-order valence-corrected chi connectivity index (χ1v) is 12.4. The van der Waals surface area contributed by atoms with Gasteiger partial charge in [-0.15, -0.1) is 0 Å². The zero-order valence-electron chi connectivity index (χ0n) is 19.7. The highest BCUT2D eigenvalue weighted by molar-refractivity contribution is 7.97.